The second kappa shape index (κ2) is 10.9. The Labute approximate surface area is 174 Å². The van der Waals surface area contributed by atoms with Crippen LogP contribution in [0.4, 0.5) is 4.79 Å². The number of aliphatic imine (C=N–C) groups is 1. The molecule has 29 heavy (non-hydrogen) atoms. The highest BCUT2D eigenvalue weighted by atomic mass is 16.6. The molecule has 1 fully saturated rings. The molecular weight excluding hydrogens is 368 g/mol. The summed E-state index contributed by atoms with van der Waals surface area (Å²) in [6.07, 6.45) is 1.33. The molecule has 0 spiro atoms. The number of rotatable bonds is 7. The number of nitrogens with zero attached hydrogens (tertiary/aromatic N) is 2. The number of alkyl carbamates (subject to hydrolysis) is 1. The topological polar surface area (TPSA) is 75.2 Å². The van der Waals surface area contributed by atoms with E-state index in [4.69, 9.17) is 14.5 Å². The van der Waals surface area contributed by atoms with Crippen LogP contribution < -0.4 is 15.4 Å². The number of nitrogens with one attached hydrogen (secondary N) is 2. The number of guanidine groups is 1. The number of carbonyl (C=O) groups is 1. The van der Waals surface area contributed by atoms with Crippen molar-refractivity contribution in [3.05, 3.63) is 29.8 Å². The van der Waals surface area contributed by atoms with Crippen molar-refractivity contribution in [3.63, 3.8) is 0 Å². The first-order valence-corrected chi connectivity index (χ1v) is 10.6. The molecule has 1 aliphatic heterocycles. The van der Waals surface area contributed by atoms with Crippen molar-refractivity contribution in [1.82, 2.24) is 15.5 Å². The van der Waals surface area contributed by atoms with Gasteiger partial charge in [-0.1, -0.05) is 18.2 Å². The first kappa shape index (κ1) is 22.8. The van der Waals surface area contributed by atoms with Gasteiger partial charge in [0.25, 0.3) is 0 Å². The highest BCUT2D eigenvalue weighted by Crippen LogP contribution is 2.18. The minimum Gasteiger partial charge on any atom is -0.494 e. The minimum absolute atomic E-state index is 0.0624. The molecule has 1 aromatic carbocycles. The third-order valence-corrected chi connectivity index (χ3v) is 4.46. The van der Waals surface area contributed by atoms with Crippen LogP contribution in [0.5, 0.6) is 5.75 Å². The summed E-state index contributed by atoms with van der Waals surface area (Å²) in [5.74, 6) is 1.81. The van der Waals surface area contributed by atoms with E-state index in [1.54, 1.807) is 0 Å². The van der Waals surface area contributed by atoms with E-state index in [0.717, 1.165) is 44.2 Å². The molecule has 1 amide bonds. The summed E-state index contributed by atoms with van der Waals surface area (Å²) >= 11 is 0. The standard InChI is InChI=1S/C22H36N4O3/c1-6-23-20(24-14-12-17-10-8-9-11-19(17)28-7-2)26-15-13-18(16-26)25-21(27)29-22(3,4)5/h8-11,18H,6-7,12-16H2,1-5H3,(H,23,24)(H,25,27). The zero-order chi connectivity index (χ0) is 21.3. The van der Waals surface area contributed by atoms with E-state index >= 15 is 0 Å². The Balaban J connectivity index is 1.91. The van der Waals surface area contributed by atoms with Gasteiger partial charge < -0.3 is 25.0 Å². The summed E-state index contributed by atoms with van der Waals surface area (Å²) < 4.78 is 11.1. The van der Waals surface area contributed by atoms with Gasteiger partial charge in [0.2, 0.25) is 0 Å². The second-order valence-electron chi connectivity index (χ2n) is 8.10. The third kappa shape index (κ3) is 7.83. The van der Waals surface area contributed by atoms with E-state index in [0.29, 0.717) is 13.2 Å². The van der Waals surface area contributed by atoms with Crippen LogP contribution in [0.1, 0.15) is 46.6 Å². The zero-order valence-electron chi connectivity index (χ0n) is 18.5. The van der Waals surface area contributed by atoms with E-state index in [-0.39, 0.29) is 12.1 Å². The molecule has 0 aromatic heterocycles. The number of ether oxygens (including phenoxy) is 2. The predicted molar refractivity (Wildman–Crippen MR) is 117 cm³/mol. The van der Waals surface area contributed by atoms with Gasteiger partial charge in [-0.3, -0.25) is 4.99 Å². The maximum atomic E-state index is 12.0. The molecule has 1 saturated heterocycles. The molecule has 0 bridgehead atoms. The second-order valence-corrected chi connectivity index (χ2v) is 8.10. The van der Waals surface area contributed by atoms with Crippen LogP contribution in [0.2, 0.25) is 0 Å². The molecule has 0 radical (unpaired) electrons. The van der Waals surface area contributed by atoms with E-state index in [1.165, 1.54) is 5.56 Å². The molecule has 0 aliphatic carbocycles. The van der Waals surface area contributed by atoms with Crippen LogP contribution in [0.3, 0.4) is 0 Å². The molecule has 7 heteroatoms. The van der Waals surface area contributed by atoms with Gasteiger partial charge in [0, 0.05) is 26.2 Å². The van der Waals surface area contributed by atoms with E-state index in [9.17, 15) is 4.79 Å². The van der Waals surface area contributed by atoms with E-state index in [2.05, 4.69) is 28.5 Å². The largest absolute Gasteiger partial charge is 0.494 e. The van der Waals surface area contributed by atoms with Crippen molar-refractivity contribution in [2.75, 3.05) is 32.8 Å². The maximum Gasteiger partial charge on any atom is 0.407 e. The van der Waals surface area contributed by atoms with Gasteiger partial charge in [0.1, 0.15) is 11.4 Å². The molecule has 1 heterocycles. The Morgan fingerprint density at radius 3 is 2.72 bits per heavy atom. The van der Waals surface area contributed by atoms with Crippen molar-refractivity contribution >= 4 is 12.1 Å². The van der Waals surface area contributed by atoms with Crippen molar-refractivity contribution in [2.45, 2.75) is 59.1 Å². The Morgan fingerprint density at radius 1 is 1.28 bits per heavy atom. The van der Waals surface area contributed by atoms with Gasteiger partial charge in [-0.2, -0.15) is 0 Å². The molecule has 1 aliphatic rings. The average Bonchev–Trinajstić information content (AvgIpc) is 3.09. The lowest BCUT2D eigenvalue weighted by atomic mass is 10.1. The number of amides is 1. The molecule has 1 unspecified atom stereocenters. The summed E-state index contributed by atoms with van der Waals surface area (Å²) in [6, 6.07) is 8.17. The Bertz CT molecular complexity index is 685. The van der Waals surface area contributed by atoms with E-state index in [1.807, 2.05) is 45.9 Å². The molecule has 0 saturated carbocycles. The number of hydrogen-bond acceptors (Lipinski definition) is 4. The number of likely N-dealkylation sites (tertiary alicyclic amines) is 1. The van der Waals surface area contributed by atoms with Gasteiger partial charge in [0.05, 0.1) is 12.6 Å². The van der Waals surface area contributed by atoms with Crippen molar-refractivity contribution in [1.29, 1.82) is 0 Å². The van der Waals surface area contributed by atoms with Gasteiger partial charge >= 0.3 is 6.09 Å². The summed E-state index contributed by atoms with van der Waals surface area (Å²) in [5.41, 5.74) is 0.677. The normalized spacial score (nSPS) is 17.2. The highest BCUT2D eigenvalue weighted by molar-refractivity contribution is 5.80. The number of carbonyl (C=O) groups excluding carboxylic acids is 1. The van der Waals surface area contributed by atoms with Crippen LogP contribution in [-0.4, -0.2) is 61.4 Å². The average molecular weight is 405 g/mol. The van der Waals surface area contributed by atoms with Gasteiger partial charge in [-0.05, 0) is 59.1 Å². The van der Waals surface area contributed by atoms with Crippen LogP contribution in [0.15, 0.2) is 29.3 Å². The monoisotopic (exact) mass is 404 g/mol. The lowest BCUT2D eigenvalue weighted by molar-refractivity contribution is 0.0507. The van der Waals surface area contributed by atoms with Gasteiger partial charge in [-0.25, -0.2) is 4.79 Å². The number of hydrogen-bond donors (Lipinski definition) is 2. The van der Waals surface area contributed by atoms with Crippen LogP contribution >= 0.6 is 0 Å². The fourth-order valence-corrected chi connectivity index (χ4v) is 3.26. The Kier molecular flexibility index (Phi) is 8.61. The number of benzene rings is 1. The fourth-order valence-electron chi connectivity index (χ4n) is 3.26. The Morgan fingerprint density at radius 2 is 2.03 bits per heavy atom. The van der Waals surface area contributed by atoms with Crippen LogP contribution in [0, 0.1) is 0 Å². The number of para-hydroxylation sites is 1. The van der Waals surface area contributed by atoms with Crippen LogP contribution in [0.25, 0.3) is 0 Å². The lowest BCUT2D eigenvalue weighted by Crippen LogP contribution is -2.44. The molecule has 162 valence electrons. The molecule has 1 atom stereocenters. The molecule has 7 nitrogen and oxygen atoms in total. The highest BCUT2D eigenvalue weighted by Gasteiger charge is 2.27. The zero-order valence-corrected chi connectivity index (χ0v) is 18.5. The summed E-state index contributed by atoms with van der Waals surface area (Å²) in [6.45, 7) is 13.4. The van der Waals surface area contributed by atoms with Crippen molar-refractivity contribution < 1.29 is 14.3 Å². The lowest BCUT2D eigenvalue weighted by Gasteiger charge is -2.23. The quantitative estimate of drug-likeness (QED) is 0.539. The van der Waals surface area contributed by atoms with Gasteiger partial charge in [-0.15, -0.1) is 0 Å². The van der Waals surface area contributed by atoms with Crippen molar-refractivity contribution in [2.24, 2.45) is 4.99 Å². The molecular formula is C22H36N4O3. The third-order valence-electron chi connectivity index (χ3n) is 4.46. The van der Waals surface area contributed by atoms with Gasteiger partial charge in [0.15, 0.2) is 5.96 Å². The van der Waals surface area contributed by atoms with E-state index < -0.39 is 5.60 Å². The summed E-state index contributed by atoms with van der Waals surface area (Å²) in [4.78, 5) is 19.0. The SMILES string of the molecule is CCNC(=NCCc1ccccc1OCC)N1CCC(NC(=O)OC(C)(C)C)C1. The summed E-state index contributed by atoms with van der Waals surface area (Å²) in [5, 5.41) is 6.33. The summed E-state index contributed by atoms with van der Waals surface area (Å²) in [7, 11) is 0. The van der Waals surface area contributed by atoms with Crippen LogP contribution in [-0.2, 0) is 11.2 Å². The molecule has 1 aromatic rings. The first-order chi connectivity index (χ1) is 13.8. The fraction of sp³-hybridized carbons (Fsp3) is 0.636. The Hall–Kier alpha value is -2.44. The maximum absolute atomic E-state index is 12.0. The molecule has 2 N–H and O–H groups in total. The first-order valence-electron chi connectivity index (χ1n) is 10.6. The molecule has 2 rings (SSSR count). The van der Waals surface area contributed by atoms with Crippen molar-refractivity contribution in [3.8, 4) is 5.75 Å². The predicted octanol–water partition coefficient (Wildman–Crippen LogP) is 3.19. The smallest absolute Gasteiger partial charge is 0.407 e. The minimum atomic E-state index is -0.490.